The Morgan fingerprint density at radius 1 is 1.30 bits per heavy atom. The van der Waals surface area contributed by atoms with Gasteiger partial charge in [-0.05, 0) is 37.7 Å². The van der Waals surface area contributed by atoms with Crippen molar-refractivity contribution in [2.45, 2.75) is 31.7 Å². The lowest BCUT2D eigenvalue weighted by Crippen LogP contribution is -2.47. The van der Waals surface area contributed by atoms with Gasteiger partial charge in [-0.25, -0.2) is 0 Å². The predicted molar refractivity (Wildman–Crippen MR) is 104 cm³/mol. The number of nitrogens with one attached hydrogen (secondary N) is 2. The Morgan fingerprint density at radius 3 is 2.78 bits per heavy atom. The van der Waals surface area contributed by atoms with Crippen molar-refractivity contribution in [1.29, 1.82) is 0 Å². The number of H-pyrrole nitrogens is 1. The van der Waals surface area contributed by atoms with Gasteiger partial charge in [0.15, 0.2) is 0 Å². The number of fused-ring (bicyclic) bond motifs is 1. The molecule has 2 aromatic rings. The minimum Gasteiger partial charge on any atom is -0.497 e. The molecular weight excluding hydrogens is 346 g/mol. The number of amides is 1. The maximum absolute atomic E-state index is 12.2. The first-order valence-electron chi connectivity index (χ1n) is 9.47. The molecule has 7 nitrogen and oxygen atoms in total. The summed E-state index contributed by atoms with van der Waals surface area (Å²) in [6, 6.07) is 5.47. The summed E-state index contributed by atoms with van der Waals surface area (Å²) in [5.74, 6) is 1.68. The van der Waals surface area contributed by atoms with Gasteiger partial charge in [0, 0.05) is 43.0 Å². The van der Waals surface area contributed by atoms with Gasteiger partial charge in [-0.3, -0.25) is 4.79 Å². The third-order valence-electron chi connectivity index (χ3n) is 5.18. The molecule has 1 aliphatic heterocycles. The highest BCUT2D eigenvalue weighted by molar-refractivity contribution is 5.88. The molecule has 27 heavy (non-hydrogen) atoms. The Morgan fingerprint density at radius 2 is 2.07 bits per heavy atom. The molecule has 1 aromatic carbocycles. The van der Waals surface area contributed by atoms with Gasteiger partial charge in [0.1, 0.15) is 11.5 Å². The largest absolute Gasteiger partial charge is 0.497 e. The molecule has 2 heterocycles. The van der Waals surface area contributed by atoms with E-state index in [4.69, 9.17) is 19.9 Å². The number of ether oxygens (including phenoxy) is 3. The van der Waals surface area contributed by atoms with Gasteiger partial charge in [-0.15, -0.1) is 0 Å². The fraction of sp³-hybridized carbons (Fsp3) is 0.550. The van der Waals surface area contributed by atoms with Crippen LogP contribution in [0.5, 0.6) is 11.5 Å². The van der Waals surface area contributed by atoms with Gasteiger partial charge >= 0.3 is 0 Å². The average molecular weight is 375 g/mol. The van der Waals surface area contributed by atoms with E-state index in [-0.39, 0.29) is 11.8 Å². The van der Waals surface area contributed by atoms with Crippen LogP contribution >= 0.6 is 0 Å². The van der Waals surface area contributed by atoms with E-state index in [9.17, 15) is 4.79 Å². The second kappa shape index (κ2) is 9.10. The van der Waals surface area contributed by atoms with Gasteiger partial charge in [0.05, 0.1) is 25.8 Å². The van der Waals surface area contributed by atoms with E-state index >= 15 is 0 Å². The molecule has 0 radical (unpaired) electrons. The van der Waals surface area contributed by atoms with Crippen LogP contribution in [0.15, 0.2) is 18.2 Å². The number of rotatable bonds is 8. The van der Waals surface area contributed by atoms with E-state index < -0.39 is 6.04 Å². The topological polar surface area (TPSA) is 98.6 Å². The van der Waals surface area contributed by atoms with Gasteiger partial charge < -0.3 is 30.2 Å². The van der Waals surface area contributed by atoms with Crippen LogP contribution in [0.2, 0.25) is 0 Å². The maximum Gasteiger partial charge on any atom is 0.237 e. The van der Waals surface area contributed by atoms with Crippen molar-refractivity contribution in [1.82, 2.24) is 10.3 Å². The lowest BCUT2D eigenvalue weighted by molar-refractivity contribution is -0.124. The molecule has 1 saturated heterocycles. The third kappa shape index (κ3) is 4.73. The van der Waals surface area contributed by atoms with Crippen LogP contribution in [-0.4, -0.2) is 50.9 Å². The Hall–Kier alpha value is -2.25. The van der Waals surface area contributed by atoms with E-state index in [1.54, 1.807) is 14.2 Å². The highest BCUT2D eigenvalue weighted by atomic mass is 16.5. The molecule has 1 unspecified atom stereocenters. The normalized spacial score (nSPS) is 16.3. The SMILES string of the molecule is COc1cc(OC)c2cc(CCCNC(=O)C(N)C3CCOCC3)[nH]c2c1. The summed E-state index contributed by atoms with van der Waals surface area (Å²) in [5, 5.41) is 3.99. The molecule has 0 spiro atoms. The standard InChI is InChI=1S/C20H29N3O4/c1-25-15-11-17-16(18(12-15)26-2)10-14(23-17)4-3-7-22-20(24)19(21)13-5-8-27-9-6-13/h10-13,19,23H,3-9,21H2,1-2H3,(H,22,24). The molecule has 0 bridgehead atoms. The highest BCUT2D eigenvalue weighted by Crippen LogP contribution is 2.31. The Bertz CT molecular complexity index is 768. The Balaban J connectivity index is 1.50. The van der Waals surface area contributed by atoms with E-state index in [0.29, 0.717) is 19.8 Å². The van der Waals surface area contributed by atoms with Crippen LogP contribution < -0.4 is 20.5 Å². The second-order valence-electron chi connectivity index (χ2n) is 6.96. The number of aromatic amines is 1. The van der Waals surface area contributed by atoms with Crippen molar-refractivity contribution in [2.24, 2.45) is 11.7 Å². The smallest absolute Gasteiger partial charge is 0.237 e. The van der Waals surface area contributed by atoms with Crippen molar-refractivity contribution < 1.29 is 19.0 Å². The number of nitrogens with two attached hydrogens (primary N) is 1. The molecular formula is C20H29N3O4. The number of hydrogen-bond donors (Lipinski definition) is 3. The van der Waals surface area contributed by atoms with Gasteiger partial charge in [0.25, 0.3) is 0 Å². The minimum absolute atomic E-state index is 0.0649. The summed E-state index contributed by atoms with van der Waals surface area (Å²) < 4.78 is 16.1. The number of methoxy groups -OCH3 is 2. The molecule has 1 aromatic heterocycles. The summed E-state index contributed by atoms with van der Waals surface area (Å²) in [5.41, 5.74) is 8.17. The highest BCUT2D eigenvalue weighted by Gasteiger charge is 2.26. The predicted octanol–water partition coefficient (Wildman–Crippen LogP) is 1.99. The van der Waals surface area contributed by atoms with Crippen LogP contribution in [-0.2, 0) is 16.0 Å². The lowest BCUT2D eigenvalue weighted by Gasteiger charge is -2.26. The van der Waals surface area contributed by atoms with Gasteiger partial charge in [-0.1, -0.05) is 0 Å². The summed E-state index contributed by atoms with van der Waals surface area (Å²) in [6.07, 6.45) is 3.37. The summed E-state index contributed by atoms with van der Waals surface area (Å²) in [7, 11) is 3.29. The van der Waals surface area contributed by atoms with Gasteiger partial charge in [0.2, 0.25) is 5.91 Å². The number of aromatic nitrogens is 1. The summed E-state index contributed by atoms with van der Waals surface area (Å²) >= 11 is 0. The van der Waals surface area contributed by atoms with Crippen molar-refractivity contribution in [3.8, 4) is 11.5 Å². The van der Waals surface area contributed by atoms with E-state index in [1.807, 2.05) is 12.1 Å². The zero-order chi connectivity index (χ0) is 19.2. The van der Waals surface area contributed by atoms with E-state index in [2.05, 4.69) is 16.4 Å². The maximum atomic E-state index is 12.2. The quantitative estimate of drug-likeness (QED) is 0.613. The first-order chi connectivity index (χ1) is 13.1. The zero-order valence-corrected chi connectivity index (χ0v) is 16.0. The fourth-order valence-electron chi connectivity index (χ4n) is 3.56. The number of aryl methyl sites for hydroxylation is 1. The van der Waals surface area contributed by atoms with Gasteiger partial charge in [-0.2, -0.15) is 0 Å². The monoisotopic (exact) mass is 375 g/mol. The molecule has 1 amide bonds. The summed E-state index contributed by atoms with van der Waals surface area (Å²) in [4.78, 5) is 15.6. The van der Waals surface area contributed by atoms with E-state index in [0.717, 1.165) is 53.8 Å². The fourth-order valence-corrected chi connectivity index (χ4v) is 3.56. The van der Waals surface area contributed by atoms with Crippen LogP contribution in [0.25, 0.3) is 10.9 Å². The number of carbonyl (C=O) groups is 1. The van der Waals surface area contributed by atoms with Crippen molar-refractivity contribution in [3.05, 3.63) is 23.9 Å². The molecule has 0 saturated carbocycles. The zero-order valence-electron chi connectivity index (χ0n) is 16.0. The third-order valence-corrected chi connectivity index (χ3v) is 5.18. The summed E-state index contributed by atoms with van der Waals surface area (Å²) in [6.45, 7) is 1.99. The molecule has 0 aliphatic carbocycles. The van der Waals surface area contributed by atoms with Crippen molar-refractivity contribution >= 4 is 16.8 Å². The molecule has 3 rings (SSSR count). The minimum atomic E-state index is -0.446. The van der Waals surface area contributed by atoms with Crippen LogP contribution in [0.1, 0.15) is 25.0 Å². The second-order valence-corrected chi connectivity index (χ2v) is 6.96. The number of hydrogen-bond acceptors (Lipinski definition) is 5. The number of carbonyl (C=O) groups excluding carboxylic acids is 1. The van der Waals surface area contributed by atoms with E-state index in [1.165, 1.54) is 0 Å². The molecule has 1 aliphatic rings. The first kappa shape index (κ1) is 19.5. The van der Waals surface area contributed by atoms with Crippen LogP contribution in [0.4, 0.5) is 0 Å². The lowest BCUT2D eigenvalue weighted by atomic mass is 9.92. The van der Waals surface area contributed by atoms with Crippen LogP contribution in [0, 0.1) is 5.92 Å². The van der Waals surface area contributed by atoms with Crippen molar-refractivity contribution in [3.63, 3.8) is 0 Å². The van der Waals surface area contributed by atoms with Crippen LogP contribution in [0.3, 0.4) is 0 Å². The number of benzene rings is 1. The molecule has 7 heteroatoms. The average Bonchev–Trinajstić information content (AvgIpc) is 3.13. The first-order valence-corrected chi connectivity index (χ1v) is 9.47. The molecule has 1 atom stereocenters. The van der Waals surface area contributed by atoms with Crippen molar-refractivity contribution in [2.75, 3.05) is 34.0 Å². The Labute approximate surface area is 159 Å². The molecule has 148 valence electrons. The molecule has 4 N–H and O–H groups in total. The molecule has 1 fully saturated rings. The Kier molecular flexibility index (Phi) is 6.58.